The number of fused-ring (bicyclic) bond motifs is 2. The zero-order valence-corrected chi connectivity index (χ0v) is 20.5. The maximum Gasteiger partial charge on any atom is 0.254 e. The summed E-state index contributed by atoms with van der Waals surface area (Å²) in [5, 5.41) is 3.88. The number of hydrogen-bond acceptors (Lipinski definition) is 3. The van der Waals surface area contributed by atoms with Crippen LogP contribution in [0.2, 0.25) is 0 Å². The number of carbonyl (C=O) groups is 2. The van der Waals surface area contributed by atoms with Crippen LogP contribution in [0.3, 0.4) is 0 Å². The molecule has 0 radical (unpaired) electrons. The number of ether oxygens (including phenoxy) is 1. The van der Waals surface area contributed by atoms with E-state index in [0.717, 1.165) is 16.5 Å². The Hall–Kier alpha value is -3.97. The first-order valence-corrected chi connectivity index (χ1v) is 11.9. The summed E-state index contributed by atoms with van der Waals surface area (Å²) in [6.07, 6.45) is 1.99. The van der Waals surface area contributed by atoms with E-state index >= 15 is 0 Å². The second-order valence-electron chi connectivity index (χ2n) is 9.17. The van der Waals surface area contributed by atoms with Gasteiger partial charge in [0.15, 0.2) is 0 Å². The number of methoxy groups -OCH3 is 1. The molecule has 0 unspecified atom stereocenters. The molecule has 0 saturated carbocycles. The van der Waals surface area contributed by atoms with Crippen molar-refractivity contribution in [3.63, 3.8) is 0 Å². The van der Waals surface area contributed by atoms with E-state index in [1.54, 1.807) is 43.2 Å². The van der Waals surface area contributed by atoms with E-state index in [0.29, 0.717) is 35.5 Å². The highest BCUT2D eigenvalue weighted by atomic mass is 19.1. The molecule has 2 heterocycles. The van der Waals surface area contributed by atoms with Crippen molar-refractivity contribution in [2.75, 3.05) is 25.6 Å². The molecular weight excluding hydrogens is 457 g/mol. The van der Waals surface area contributed by atoms with Crippen molar-refractivity contribution in [2.45, 2.75) is 18.9 Å². The van der Waals surface area contributed by atoms with Crippen LogP contribution >= 0.6 is 0 Å². The minimum atomic E-state index is -0.717. The van der Waals surface area contributed by atoms with Gasteiger partial charge in [0, 0.05) is 54.6 Å². The maximum atomic E-state index is 14.3. The number of halogens is 1. The Morgan fingerprint density at radius 2 is 1.81 bits per heavy atom. The molecule has 0 fully saturated rings. The predicted octanol–water partition coefficient (Wildman–Crippen LogP) is 5.19. The number of carbonyl (C=O) groups excluding carboxylic acids is 2. The van der Waals surface area contributed by atoms with Gasteiger partial charge < -0.3 is 19.5 Å². The number of aryl methyl sites for hydroxylation is 2. The van der Waals surface area contributed by atoms with Crippen molar-refractivity contribution in [3.05, 3.63) is 101 Å². The molecule has 1 aromatic heterocycles. The Balaban J connectivity index is 1.68. The Labute approximate surface area is 209 Å². The number of hydrogen-bond donors (Lipinski definition) is 1. The van der Waals surface area contributed by atoms with E-state index in [1.165, 1.54) is 6.07 Å². The van der Waals surface area contributed by atoms with Gasteiger partial charge in [0.2, 0.25) is 5.91 Å². The average molecular weight is 486 g/mol. The fourth-order valence-electron chi connectivity index (χ4n) is 5.16. The lowest BCUT2D eigenvalue weighted by atomic mass is 9.79. The third-order valence-corrected chi connectivity index (χ3v) is 6.94. The second-order valence-corrected chi connectivity index (χ2v) is 9.17. The third kappa shape index (κ3) is 4.05. The second kappa shape index (κ2) is 9.59. The van der Waals surface area contributed by atoms with Gasteiger partial charge in [-0.15, -0.1) is 0 Å². The van der Waals surface area contributed by atoms with Gasteiger partial charge in [-0.1, -0.05) is 42.5 Å². The molecular formula is C29H28FN3O3. The van der Waals surface area contributed by atoms with Crippen LogP contribution in [0.1, 0.15) is 39.0 Å². The van der Waals surface area contributed by atoms with Crippen LogP contribution in [0.15, 0.2) is 72.9 Å². The maximum absolute atomic E-state index is 14.3. The molecule has 1 aliphatic heterocycles. The Morgan fingerprint density at radius 1 is 1.06 bits per heavy atom. The van der Waals surface area contributed by atoms with Gasteiger partial charge in [0.05, 0.1) is 18.6 Å². The van der Waals surface area contributed by atoms with Crippen LogP contribution in [0.25, 0.3) is 10.9 Å². The molecule has 3 aromatic carbocycles. The van der Waals surface area contributed by atoms with Crippen molar-refractivity contribution < 1.29 is 18.7 Å². The zero-order chi connectivity index (χ0) is 25.4. The fraction of sp³-hybridized carbons (Fsp3) is 0.241. The largest absolute Gasteiger partial charge is 0.383 e. The van der Waals surface area contributed by atoms with Crippen molar-refractivity contribution in [3.8, 4) is 0 Å². The van der Waals surface area contributed by atoms with Gasteiger partial charge in [-0.25, -0.2) is 4.39 Å². The molecule has 1 aliphatic rings. The highest BCUT2D eigenvalue weighted by molar-refractivity contribution is 6.05. The summed E-state index contributed by atoms with van der Waals surface area (Å²) in [7, 11) is 3.54. The van der Waals surface area contributed by atoms with Gasteiger partial charge >= 0.3 is 0 Å². The summed E-state index contributed by atoms with van der Waals surface area (Å²) in [6.45, 7) is 2.32. The topological polar surface area (TPSA) is 63.6 Å². The first kappa shape index (κ1) is 23.8. The summed E-state index contributed by atoms with van der Waals surface area (Å²) in [6, 6.07) is 19.2. The van der Waals surface area contributed by atoms with Crippen LogP contribution in [-0.4, -0.2) is 41.5 Å². The molecule has 6 nitrogen and oxygen atoms in total. The molecule has 184 valence electrons. The van der Waals surface area contributed by atoms with Crippen molar-refractivity contribution in [2.24, 2.45) is 7.05 Å². The van der Waals surface area contributed by atoms with E-state index in [4.69, 9.17) is 4.74 Å². The summed E-state index contributed by atoms with van der Waals surface area (Å²) in [4.78, 5) is 29.4. The van der Waals surface area contributed by atoms with Gasteiger partial charge in [0.1, 0.15) is 5.82 Å². The minimum Gasteiger partial charge on any atom is -0.383 e. The number of amides is 2. The lowest BCUT2D eigenvalue weighted by Crippen LogP contribution is -2.47. The molecule has 36 heavy (non-hydrogen) atoms. The van der Waals surface area contributed by atoms with Crippen LogP contribution in [-0.2, 0) is 16.6 Å². The molecule has 0 spiro atoms. The molecule has 1 N–H and O–H groups in total. The zero-order valence-electron chi connectivity index (χ0n) is 20.5. The van der Waals surface area contributed by atoms with Crippen molar-refractivity contribution in [1.29, 1.82) is 0 Å². The van der Waals surface area contributed by atoms with Gasteiger partial charge in [-0.3, -0.25) is 9.59 Å². The van der Waals surface area contributed by atoms with Gasteiger partial charge in [-0.2, -0.15) is 0 Å². The average Bonchev–Trinajstić information content (AvgIpc) is 3.21. The van der Waals surface area contributed by atoms with Crippen LogP contribution < -0.4 is 5.32 Å². The molecule has 7 heteroatoms. The number of nitrogens with one attached hydrogen (secondary N) is 1. The Bertz CT molecular complexity index is 1460. The first-order chi connectivity index (χ1) is 17.4. The van der Waals surface area contributed by atoms with Crippen molar-refractivity contribution in [1.82, 2.24) is 9.47 Å². The molecule has 0 bridgehead atoms. The number of anilines is 1. The Morgan fingerprint density at radius 3 is 2.58 bits per heavy atom. The standard InChI is InChI=1S/C29H28FN3O3/c1-18-12-13-19(16-24(18)30)31-28(34)26-21-9-4-5-10-22(21)29(35)33(14-15-36-3)27(26)23-17-32(2)25-11-7-6-8-20(23)25/h4-13,16-17,26-27H,14-15H2,1-3H3,(H,31,34)/t26-,27+/m1/s1. The molecule has 2 amide bonds. The smallest absolute Gasteiger partial charge is 0.254 e. The summed E-state index contributed by atoms with van der Waals surface area (Å²) < 4.78 is 21.6. The van der Waals surface area contributed by atoms with Gasteiger partial charge in [0.25, 0.3) is 5.91 Å². The minimum absolute atomic E-state index is 0.147. The highest BCUT2D eigenvalue weighted by Crippen LogP contribution is 2.45. The van der Waals surface area contributed by atoms with E-state index < -0.39 is 12.0 Å². The van der Waals surface area contributed by atoms with Crippen LogP contribution in [0.4, 0.5) is 10.1 Å². The van der Waals surface area contributed by atoms with E-state index in [9.17, 15) is 14.0 Å². The number of aromatic nitrogens is 1. The summed E-state index contributed by atoms with van der Waals surface area (Å²) in [5.74, 6) is -1.56. The molecule has 0 aliphatic carbocycles. The normalized spacial score (nSPS) is 17.3. The number of rotatable bonds is 6. The summed E-state index contributed by atoms with van der Waals surface area (Å²) >= 11 is 0. The number of para-hydroxylation sites is 1. The quantitative estimate of drug-likeness (QED) is 0.409. The lowest BCUT2D eigenvalue weighted by Gasteiger charge is -2.41. The van der Waals surface area contributed by atoms with E-state index in [1.807, 2.05) is 54.2 Å². The van der Waals surface area contributed by atoms with Crippen molar-refractivity contribution >= 4 is 28.4 Å². The molecule has 5 rings (SSSR count). The van der Waals surface area contributed by atoms with E-state index in [-0.39, 0.29) is 17.6 Å². The fourth-order valence-corrected chi connectivity index (χ4v) is 5.16. The monoisotopic (exact) mass is 485 g/mol. The van der Waals surface area contributed by atoms with Crippen LogP contribution in [0.5, 0.6) is 0 Å². The molecule has 4 aromatic rings. The SMILES string of the molecule is COCCN1C(=O)c2ccccc2[C@@H](C(=O)Nc2ccc(C)c(F)c2)[C@@H]1c1cn(C)c2ccccc12. The van der Waals surface area contributed by atoms with E-state index in [2.05, 4.69) is 5.32 Å². The molecule has 2 atom stereocenters. The Kier molecular flexibility index (Phi) is 6.33. The predicted molar refractivity (Wildman–Crippen MR) is 138 cm³/mol. The molecule has 0 saturated heterocycles. The lowest BCUT2D eigenvalue weighted by molar-refractivity contribution is -0.119. The number of benzene rings is 3. The van der Waals surface area contributed by atoms with Gasteiger partial charge in [-0.05, 0) is 42.3 Å². The summed E-state index contributed by atoms with van der Waals surface area (Å²) in [5.41, 5.74) is 3.89. The highest BCUT2D eigenvalue weighted by Gasteiger charge is 2.45. The van der Waals surface area contributed by atoms with Crippen LogP contribution in [0, 0.1) is 12.7 Å². The first-order valence-electron chi connectivity index (χ1n) is 11.9. The number of nitrogens with zero attached hydrogens (tertiary/aromatic N) is 2. The third-order valence-electron chi connectivity index (χ3n) is 6.94.